The van der Waals surface area contributed by atoms with Crippen LogP contribution in [-0.4, -0.2) is 60.0 Å². The van der Waals surface area contributed by atoms with E-state index in [-0.39, 0.29) is 5.91 Å². The molecule has 0 unspecified atom stereocenters. The number of nitrogens with zero attached hydrogens (tertiary/aromatic N) is 4. The summed E-state index contributed by atoms with van der Waals surface area (Å²) in [5, 5.41) is 2.99. The molecular weight excluding hydrogens is 314 g/mol. The lowest BCUT2D eigenvalue weighted by Crippen LogP contribution is -2.43. The summed E-state index contributed by atoms with van der Waals surface area (Å²) in [5.74, 6) is 1.60. The molecular formula is C19H29N5O. The molecule has 25 heavy (non-hydrogen) atoms. The molecule has 1 aromatic heterocycles. The van der Waals surface area contributed by atoms with Crippen LogP contribution in [0.4, 0.5) is 5.82 Å². The standard InChI is InChI=1S/C19H29N5O/c1-14(25)22-16-9-15(10-16)17-11-18(21-13-20-17)24-7-4-19(5-8-24)3-6-23(2)12-19/h11,13,15-16H,3-10,12H2,1-2H3,(H,22,25). The van der Waals surface area contributed by atoms with E-state index in [1.54, 1.807) is 13.3 Å². The van der Waals surface area contributed by atoms with Crippen LogP contribution in [0.5, 0.6) is 0 Å². The molecule has 3 fully saturated rings. The van der Waals surface area contributed by atoms with Crippen molar-refractivity contribution in [2.45, 2.75) is 51.0 Å². The molecule has 1 saturated carbocycles. The van der Waals surface area contributed by atoms with Crippen molar-refractivity contribution in [1.82, 2.24) is 20.2 Å². The Labute approximate surface area is 150 Å². The van der Waals surface area contributed by atoms with Gasteiger partial charge in [-0.2, -0.15) is 0 Å². The van der Waals surface area contributed by atoms with Crippen LogP contribution < -0.4 is 10.2 Å². The Kier molecular flexibility index (Phi) is 4.40. The number of carbonyl (C=O) groups is 1. The van der Waals surface area contributed by atoms with Gasteiger partial charge in [-0.05, 0) is 51.1 Å². The number of anilines is 1. The fourth-order valence-electron chi connectivity index (χ4n) is 4.80. The average Bonchev–Trinajstić information content (AvgIpc) is 2.92. The number of amides is 1. The normalized spacial score (nSPS) is 28.8. The van der Waals surface area contributed by atoms with Gasteiger partial charge in [-0.3, -0.25) is 4.79 Å². The van der Waals surface area contributed by atoms with Crippen molar-refractivity contribution in [1.29, 1.82) is 0 Å². The highest BCUT2D eigenvalue weighted by Gasteiger charge is 2.39. The quantitative estimate of drug-likeness (QED) is 0.906. The minimum atomic E-state index is 0.0617. The molecule has 1 aromatic rings. The van der Waals surface area contributed by atoms with Gasteiger partial charge in [-0.25, -0.2) is 9.97 Å². The van der Waals surface area contributed by atoms with Crippen molar-refractivity contribution >= 4 is 11.7 Å². The molecule has 0 radical (unpaired) electrons. The summed E-state index contributed by atoms with van der Waals surface area (Å²) in [6, 6.07) is 2.49. The van der Waals surface area contributed by atoms with Crippen LogP contribution in [0.15, 0.2) is 12.4 Å². The molecule has 136 valence electrons. The molecule has 0 bridgehead atoms. The predicted octanol–water partition coefficient (Wildman–Crippen LogP) is 1.78. The van der Waals surface area contributed by atoms with Crippen molar-refractivity contribution < 1.29 is 4.79 Å². The lowest BCUT2D eigenvalue weighted by Gasteiger charge is -2.40. The zero-order chi connectivity index (χ0) is 17.4. The lowest BCUT2D eigenvalue weighted by atomic mass is 9.77. The van der Waals surface area contributed by atoms with E-state index in [2.05, 4.69) is 38.2 Å². The van der Waals surface area contributed by atoms with Gasteiger partial charge in [-0.15, -0.1) is 0 Å². The minimum Gasteiger partial charge on any atom is -0.356 e. The van der Waals surface area contributed by atoms with Gasteiger partial charge in [0.25, 0.3) is 0 Å². The van der Waals surface area contributed by atoms with Gasteiger partial charge in [0.05, 0.1) is 0 Å². The Hall–Kier alpha value is -1.69. The second-order valence-corrected chi connectivity index (χ2v) is 8.34. The van der Waals surface area contributed by atoms with Crippen LogP contribution in [-0.2, 0) is 4.79 Å². The average molecular weight is 343 g/mol. The number of hydrogen-bond donors (Lipinski definition) is 1. The van der Waals surface area contributed by atoms with Gasteiger partial charge in [0.1, 0.15) is 12.1 Å². The van der Waals surface area contributed by atoms with Crippen molar-refractivity contribution in [2.24, 2.45) is 5.41 Å². The Morgan fingerprint density at radius 3 is 2.56 bits per heavy atom. The molecule has 2 aliphatic heterocycles. The number of carbonyl (C=O) groups excluding carboxylic acids is 1. The number of rotatable bonds is 3. The molecule has 4 rings (SSSR count). The smallest absolute Gasteiger partial charge is 0.217 e. The van der Waals surface area contributed by atoms with Crippen LogP contribution in [0.3, 0.4) is 0 Å². The summed E-state index contributed by atoms with van der Waals surface area (Å²) >= 11 is 0. The first-order chi connectivity index (χ1) is 12.0. The molecule has 3 aliphatic rings. The van der Waals surface area contributed by atoms with E-state index in [4.69, 9.17) is 0 Å². The van der Waals surface area contributed by atoms with Crippen molar-refractivity contribution in [3.8, 4) is 0 Å². The van der Waals surface area contributed by atoms with Crippen molar-refractivity contribution in [2.75, 3.05) is 38.1 Å². The van der Waals surface area contributed by atoms with Gasteiger partial charge < -0.3 is 15.1 Å². The highest BCUT2D eigenvalue weighted by molar-refractivity contribution is 5.73. The summed E-state index contributed by atoms with van der Waals surface area (Å²) in [6.45, 7) is 6.28. The third kappa shape index (κ3) is 3.50. The molecule has 3 heterocycles. The number of likely N-dealkylation sites (tertiary alicyclic amines) is 1. The molecule has 1 amide bonds. The maximum absolute atomic E-state index is 11.1. The first kappa shape index (κ1) is 16.8. The second kappa shape index (κ2) is 6.56. The number of piperidine rings is 1. The Morgan fingerprint density at radius 2 is 1.92 bits per heavy atom. The second-order valence-electron chi connectivity index (χ2n) is 8.34. The summed E-state index contributed by atoms with van der Waals surface area (Å²) in [7, 11) is 2.24. The summed E-state index contributed by atoms with van der Waals surface area (Å²) < 4.78 is 0. The Morgan fingerprint density at radius 1 is 1.20 bits per heavy atom. The van der Waals surface area contributed by atoms with E-state index in [1.165, 1.54) is 32.4 Å². The fourth-order valence-corrected chi connectivity index (χ4v) is 4.80. The van der Waals surface area contributed by atoms with E-state index in [0.717, 1.165) is 37.4 Å². The summed E-state index contributed by atoms with van der Waals surface area (Å²) in [5.41, 5.74) is 1.67. The maximum Gasteiger partial charge on any atom is 0.217 e. The number of aromatic nitrogens is 2. The maximum atomic E-state index is 11.1. The Bertz CT molecular complexity index is 634. The van der Waals surface area contributed by atoms with Gasteiger partial charge >= 0.3 is 0 Å². The first-order valence-corrected chi connectivity index (χ1v) is 9.56. The van der Waals surface area contributed by atoms with Crippen molar-refractivity contribution in [3.05, 3.63) is 18.1 Å². The van der Waals surface area contributed by atoms with Crippen LogP contribution in [0.25, 0.3) is 0 Å². The highest BCUT2D eigenvalue weighted by atomic mass is 16.1. The molecule has 1 N–H and O–H groups in total. The predicted molar refractivity (Wildman–Crippen MR) is 97.6 cm³/mol. The zero-order valence-electron chi connectivity index (χ0n) is 15.4. The van der Waals surface area contributed by atoms with Crippen LogP contribution in [0.2, 0.25) is 0 Å². The van der Waals surface area contributed by atoms with E-state index in [1.807, 2.05) is 0 Å². The summed E-state index contributed by atoms with van der Waals surface area (Å²) in [4.78, 5) is 25.1. The first-order valence-electron chi connectivity index (χ1n) is 9.56. The lowest BCUT2D eigenvalue weighted by molar-refractivity contribution is -0.120. The molecule has 6 nitrogen and oxygen atoms in total. The Balaban J connectivity index is 1.36. The van der Waals surface area contributed by atoms with Gasteiger partial charge in [-0.1, -0.05) is 0 Å². The third-order valence-electron chi connectivity index (χ3n) is 6.41. The van der Waals surface area contributed by atoms with Gasteiger partial charge in [0, 0.05) is 50.3 Å². The molecule has 0 atom stereocenters. The molecule has 0 aromatic carbocycles. The number of nitrogens with one attached hydrogen (secondary N) is 1. The van der Waals surface area contributed by atoms with Gasteiger partial charge in [0.15, 0.2) is 0 Å². The topological polar surface area (TPSA) is 61.4 Å². The van der Waals surface area contributed by atoms with Crippen LogP contribution >= 0.6 is 0 Å². The SMILES string of the molecule is CC(=O)NC1CC(c2cc(N3CCC4(CCN(C)C4)CC3)ncn2)C1. The minimum absolute atomic E-state index is 0.0617. The molecule has 2 saturated heterocycles. The van der Waals surface area contributed by atoms with E-state index < -0.39 is 0 Å². The molecule has 1 spiro atoms. The fraction of sp³-hybridized carbons (Fsp3) is 0.737. The van der Waals surface area contributed by atoms with Gasteiger partial charge in [0.2, 0.25) is 5.91 Å². The largest absolute Gasteiger partial charge is 0.356 e. The zero-order valence-corrected chi connectivity index (χ0v) is 15.4. The third-order valence-corrected chi connectivity index (χ3v) is 6.41. The van der Waals surface area contributed by atoms with Crippen LogP contribution in [0.1, 0.15) is 50.6 Å². The van der Waals surface area contributed by atoms with E-state index in [0.29, 0.717) is 17.4 Å². The van der Waals surface area contributed by atoms with Crippen LogP contribution in [0, 0.1) is 5.41 Å². The molecule has 6 heteroatoms. The summed E-state index contributed by atoms with van der Waals surface area (Å²) in [6.07, 6.45) is 7.58. The monoisotopic (exact) mass is 343 g/mol. The van der Waals surface area contributed by atoms with E-state index >= 15 is 0 Å². The number of hydrogen-bond acceptors (Lipinski definition) is 5. The van der Waals surface area contributed by atoms with E-state index in [9.17, 15) is 4.79 Å². The highest BCUT2D eigenvalue weighted by Crippen LogP contribution is 2.41. The molecule has 1 aliphatic carbocycles. The van der Waals surface area contributed by atoms with Crippen molar-refractivity contribution in [3.63, 3.8) is 0 Å².